The molecule has 0 spiro atoms. The molecule has 1 rings (SSSR count). The van der Waals surface area contributed by atoms with Crippen molar-refractivity contribution in [2.45, 2.75) is 348 Å². The van der Waals surface area contributed by atoms with Gasteiger partial charge in [-0.25, -0.2) is 4.79 Å². The van der Waals surface area contributed by atoms with Crippen LogP contribution in [0.15, 0.2) is 15.0 Å². The lowest BCUT2D eigenvalue weighted by atomic mass is 9.98. The predicted octanol–water partition coefficient (Wildman–Crippen LogP) is -4.04. The van der Waals surface area contributed by atoms with Crippen LogP contribution in [0.1, 0.15) is 257 Å². The average Bonchev–Trinajstić information content (AvgIpc) is 1.73. The standard InChI is InChI=1S/C87H162N28O18/c1-46(2)39-60(108-70(118)53(90)23-19-35-99-85(93)94)79(127)113-63(42-49(7)8)77(125)106-58(26-20-36-100-86(95)96)83(131)115-38-22-28-67(115)82(130)114-66(45-52(13)14)81(129)112-62(41-48(5)6)76(124)105-57(30-32-69(92)117)74(122)110-65(44-51(11)12)80(128)111-61(40-47(3)4)75(123)103-54(24-15-17-33-88)71(119)104-56(29-31-68(91)116)73(121)102-55(25-16-18-34-89)72(120)109-64(43-50(9)10)78(126)107-59(84(132)133)27-21-37-101-87(97)98/h46-67H,15-45,88-90H2,1-14H3,(H2,91,116)(H2,92,117)(H,102,121)(H,103,123)(H,104,119)(H,105,124)(H,106,125)(H,107,126)(H,108,118)(H,109,120)(H,110,122)(H,111,128)(H,112,129)(H,113,127)(H,114,130)(H,132,133)(H4,93,94,99)(H4,95,96,100)(H4,97,98,101)/t53-,54-,55-,56-,57-,58-,59-,60-,61-,62-,63-,64-,65-,66-,67-/m0/s1. The topological polar surface area (TPSA) is 793 Å². The molecule has 1 saturated heterocycles. The molecule has 0 aromatic carbocycles. The number of hydrogen-bond donors (Lipinski definition) is 25. The van der Waals surface area contributed by atoms with Crippen LogP contribution >= 0.6 is 0 Å². The van der Waals surface area contributed by atoms with Crippen molar-refractivity contribution < 1.29 is 86.6 Å². The highest BCUT2D eigenvalue weighted by Gasteiger charge is 2.43. The smallest absolute Gasteiger partial charge is 0.326 e. The maximum atomic E-state index is 15.0. The summed E-state index contributed by atoms with van der Waals surface area (Å²) >= 11 is 0. The molecule has 0 bridgehead atoms. The minimum absolute atomic E-state index is 0.00625. The number of likely N-dealkylation sites (tertiary alicyclic amines) is 1. The SMILES string of the molecule is CC(C)C[C@H](NC(=O)[C@H](CCCCN)NC(=O)[C@H](CCC(N)=O)NC(=O)[C@H](CCCCN)NC(=O)[C@H](CC(C)C)NC(=O)[C@H](CC(C)C)NC(=O)[C@H](CCC(N)=O)NC(=O)[C@H](CC(C)C)NC(=O)[C@H](CC(C)C)NC(=O)[C@@H]1CCCN1C(=O)[C@H](CCCN=C(N)N)NC(=O)[C@H](CC(C)C)NC(=O)[C@H](CC(C)C)NC(=O)[C@@H](N)CCCN=C(N)N)C(=O)N[C@@H](CCCN=C(N)N)C(=O)O. The summed E-state index contributed by atoms with van der Waals surface area (Å²) in [5.41, 5.74) is 62.1. The zero-order chi connectivity index (χ0) is 101. The molecule has 0 saturated carbocycles. The predicted molar refractivity (Wildman–Crippen MR) is 504 cm³/mol. The third-order valence-electron chi connectivity index (χ3n) is 21.4. The number of nitrogens with one attached hydrogen (secondary N) is 13. The summed E-state index contributed by atoms with van der Waals surface area (Å²) in [6, 6.07) is -20.4. The summed E-state index contributed by atoms with van der Waals surface area (Å²) in [6.07, 6.45) is 0.657. The molecule has 46 heteroatoms. The molecule has 1 aliphatic rings. The van der Waals surface area contributed by atoms with E-state index in [1.165, 1.54) is 4.90 Å². The Hall–Kier alpha value is -11.3. The number of carbonyl (C=O) groups is 17. The van der Waals surface area contributed by atoms with Crippen LogP contribution < -0.4 is 132 Å². The summed E-state index contributed by atoms with van der Waals surface area (Å²) in [6.45, 7) is 25.7. The van der Waals surface area contributed by atoms with E-state index in [1.807, 2.05) is 27.7 Å². The van der Waals surface area contributed by atoms with E-state index in [9.17, 15) is 81.8 Å². The van der Waals surface area contributed by atoms with Gasteiger partial charge in [0.2, 0.25) is 94.5 Å². The average molecular weight is 1890 g/mol. The molecule has 0 aromatic rings. The zero-order valence-electron chi connectivity index (χ0n) is 80.6. The van der Waals surface area contributed by atoms with Crippen LogP contribution in [-0.4, -0.2) is 258 Å². The summed E-state index contributed by atoms with van der Waals surface area (Å²) in [4.78, 5) is 254. The molecule has 758 valence electrons. The van der Waals surface area contributed by atoms with Crippen LogP contribution in [0.2, 0.25) is 0 Å². The second kappa shape index (κ2) is 63.7. The first-order chi connectivity index (χ1) is 62.3. The molecule has 46 nitrogen and oxygen atoms in total. The Labute approximate surface area is 782 Å². The molecular formula is C87H162N28O18. The first-order valence-electron chi connectivity index (χ1n) is 46.7. The second-order valence-electron chi connectivity index (χ2n) is 37.3. The van der Waals surface area contributed by atoms with E-state index in [4.69, 9.17) is 63.1 Å². The first kappa shape index (κ1) is 120. The fraction of sp³-hybridized carbons (Fsp3) is 0.770. The van der Waals surface area contributed by atoms with Crippen molar-refractivity contribution in [3.05, 3.63) is 0 Å². The van der Waals surface area contributed by atoms with Gasteiger partial charge in [0.15, 0.2) is 17.9 Å². The number of rotatable bonds is 68. The van der Waals surface area contributed by atoms with Gasteiger partial charge in [0.1, 0.15) is 84.6 Å². The van der Waals surface area contributed by atoms with Crippen LogP contribution in [0.5, 0.6) is 0 Å². The molecule has 133 heavy (non-hydrogen) atoms. The number of nitrogens with zero attached hydrogens (tertiary/aromatic N) is 4. The number of nitrogens with two attached hydrogens (primary N) is 11. The van der Waals surface area contributed by atoms with Gasteiger partial charge in [-0.05, 0) is 202 Å². The highest BCUT2D eigenvalue weighted by molar-refractivity contribution is 6.01. The lowest BCUT2D eigenvalue weighted by Gasteiger charge is -2.32. The summed E-state index contributed by atoms with van der Waals surface area (Å²) in [5, 5.41) is 45.0. The van der Waals surface area contributed by atoms with E-state index in [0.29, 0.717) is 25.7 Å². The van der Waals surface area contributed by atoms with Gasteiger partial charge in [-0.15, -0.1) is 0 Å². The fourth-order valence-electron chi connectivity index (χ4n) is 14.8. The van der Waals surface area contributed by atoms with Crippen molar-refractivity contribution in [1.29, 1.82) is 0 Å². The minimum Gasteiger partial charge on any atom is -0.480 e. The van der Waals surface area contributed by atoms with Gasteiger partial charge in [0, 0.05) is 39.0 Å². The van der Waals surface area contributed by atoms with Gasteiger partial charge < -0.3 is 142 Å². The summed E-state index contributed by atoms with van der Waals surface area (Å²) in [5.74, 6) is -17.0. The van der Waals surface area contributed by atoms with Gasteiger partial charge in [-0.3, -0.25) is 91.7 Å². The van der Waals surface area contributed by atoms with E-state index < -0.39 is 217 Å². The number of carboxylic acids is 1. The fourth-order valence-corrected chi connectivity index (χ4v) is 14.8. The summed E-state index contributed by atoms with van der Waals surface area (Å²) in [7, 11) is 0. The molecule has 1 fully saturated rings. The number of carbonyl (C=O) groups excluding carboxylic acids is 16. The van der Waals surface area contributed by atoms with Gasteiger partial charge in [0.25, 0.3) is 0 Å². The number of primary amides is 2. The molecular weight excluding hydrogens is 1730 g/mol. The van der Waals surface area contributed by atoms with Gasteiger partial charge in [0.05, 0.1) is 6.04 Å². The Morgan fingerprint density at radius 1 is 0.301 bits per heavy atom. The number of guanidine groups is 3. The van der Waals surface area contributed by atoms with Crippen molar-refractivity contribution in [3.8, 4) is 0 Å². The number of hydrogen-bond acceptors (Lipinski definition) is 23. The minimum atomic E-state index is -1.62. The molecule has 0 unspecified atom stereocenters. The molecule has 0 radical (unpaired) electrons. The lowest BCUT2D eigenvalue weighted by Crippen LogP contribution is -2.61. The molecule has 16 amide bonds. The molecule has 1 aliphatic heterocycles. The van der Waals surface area contributed by atoms with Gasteiger partial charge in [-0.2, -0.15) is 0 Å². The Balaban J connectivity index is 3.79. The Morgan fingerprint density at radius 3 is 0.805 bits per heavy atom. The van der Waals surface area contributed by atoms with Gasteiger partial charge in [-0.1, -0.05) is 96.9 Å². The number of aliphatic imine (C=N–C) groups is 3. The molecule has 0 aromatic heterocycles. The van der Waals surface area contributed by atoms with Crippen molar-refractivity contribution in [2.24, 2.45) is 119 Å². The van der Waals surface area contributed by atoms with E-state index in [2.05, 4.69) is 84.1 Å². The number of amides is 16. The monoisotopic (exact) mass is 1890 g/mol. The lowest BCUT2D eigenvalue weighted by molar-refractivity contribution is -0.143. The second-order valence-corrected chi connectivity index (χ2v) is 37.3. The third-order valence-corrected chi connectivity index (χ3v) is 21.4. The van der Waals surface area contributed by atoms with Gasteiger partial charge >= 0.3 is 5.97 Å². The number of aliphatic carboxylic acids is 1. The maximum absolute atomic E-state index is 15.0. The molecule has 36 N–H and O–H groups in total. The largest absolute Gasteiger partial charge is 0.480 e. The van der Waals surface area contributed by atoms with Crippen molar-refractivity contribution >= 4 is 118 Å². The Morgan fingerprint density at radius 2 is 0.534 bits per heavy atom. The molecule has 15 atom stereocenters. The van der Waals surface area contributed by atoms with E-state index >= 15 is 4.79 Å². The van der Waals surface area contributed by atoms with Crippen LogP contribution in [0.4, 0.5) is 0 Å². The summed E-state index contributed by atoms with van der Waals surface area (Å²) < 4.78 is 0. The van der Waals surface area contributed by atoms with Crippen molar-refractivity contribution in [1.82, 2.24) is 74.0 Å². The van der Waals surface area contributed by atoms with E-state index in [-0.39, 0.29) is 208 Å². The van der Waals surface area contributed by atoms with E-state index in [0.717, 1.165) is 0 Å². The highest BCUT2D eigenvalue weighted by atomic mass is 16.4. The molecule has 1 heterocycles. The van der Waals surface area contributed by atoms with E-state index in [1.54, 1.807) is 69.2 Å². The Bertz CT molecular complexity index is 3830. The van der Waals surface area contributed by atoms with Crippen molar-refractivity contribution in [3.63, 3.8) is 0 Å². The van der Waals surface area contributed by atoms with Crippen molar-refractivity contribution in [2.75, 3.05) is 39.3 Å². The van der Waals surface area contributed by atoms with Crippen LogP contribution in [-0.2, 0) is 81.5 Å². The number of unbranched alkanes of at least 4 members (excludes halogenated alkanes) is 2. The van der Waals surface area contributed by atoms with Crippen LogP contribution in [0, 0.1) is 41.4 Å². The van der Waals surface area contributed by atoms with Crippen LogP contribution in [0.25, 0.3) is 0 Å². The van der Waals surface area contributed by atoms with Crippen LogP contribution in [0.3, 0.4) is 0 Å². The Kier molecular flexibility index (Phi) is 57.4. The third kappa shape index (κ3) is 50.4. The quantitative estimate of drug-likeness (QED) is 0.0157. The first-order valence-corrected chi connectivity index (χ1v) is 46.7. The maximum Gasteiger partial charge on any atom is 0.326 e. The zero-order valence-corrected chi connectivity index (χ0v) is 80.6. The normalized spacial score (nSPS) is 15.7. The molecule has 0 aliphatic carbocycles. The highest BCUT2D eigenvalue weighted by Crippen LogP contribution is 2.23. The number of carboxylic acid groups (broad SMARTS) is 1.